The molecular formula is C14H8BrN3O3. The lowest BCUT2D eigenvalue weighted by Crippen LogP contribution is -2.01. The number of halogens is 1. The number of hydrogen-bond donors (Lipinski definition) is 1. The number of nitrogens with zero attached hydrogens (tertiary/aromatic N) is 2. The van der Waals surface area contributed by atoms with Crippen LogP contribution in [0.3, 0.4) is 0 Å². The van der Waals surface area contributed by atoms with Crippen molar-refractivity contribution in [1.82, 2.24) is 9.97 Å². The number of fused-ring (bicyclic) bond motifs is 1. The van der Waals surface area contributed by atoms with Gasteiger partial charge in [-0.25, -0.2) is 0 Å². The molecule has 0 amide bonds. The van der Waals surface area contributed by atoms with Crippen molar-refractivity contribution in [2.24, 2.45) is 0 Å². The second-order valence-electron chi connectivity index (χ2n) is 4.41. The molecule has 7 heteroatoms. The highest BCUT2D eigenvalue weighted by atomic mass is 79.9. The summed E-state index contributed by atoms with van der Waals surface area (Å²) in [5, 5.41) is 11.4. The van der Waals surface area contributed by atoms with E-state index < -0.39 is 4.92 Å². The predicted octanol–water partition coefficient (Wildman–Crippen LogP) is 3.46. The number of aromatic amines is 1. The minimum atomic E-state index is -0.472. The van der Waals surface area contributed by atoms with E-state index in [1.54, 1.807) is 24.5 Å². The standard InChI is InChI=1S/C14H8BrN3O3/c15-9-3-8(5-16-6-9)14(19)12-7-17-13-4-10(18(20)21)1-2-11(12)13/h1-7,17H. The van der Waals surface area contributed by atoms with Gasteiger partial charge in [-0.15, -0.1) is 0 Å². The van der Waals surface area contributed by atoms with E-state index in [1.165, 1.54) is 18.3 Å². The van der Waals surface area contributed by atoms with Crippen molar-refractivity contribution in [1.29, 1.82) is 0 Å². The Morgan fingerprint density at radius 3 is 2.81 bits per heavy atom. The summed E-state index contributed by atoms with van der Waals surface area (Å²) in [5.41, 5.74) is 1.44. The van der Waals surface area contributed by atoms with Crippen LogP contribution in [-0.2, 0) is 0 Å². The second kappa shape index (κ2) is 5.10. The first-order chi connectivity index (χ1) is 10.1. The van der Waals surface area contributed by atoms with E-state index in [9.17, 15) is 14.9 Å². The van der Waals surface area contributed by atoms with Crippen molar-refractivity contribution in [2.45, 2.75) is 0 Å². The third kappa shape index (κ3) is 2.43. The Morgan fingerprint density at radius 1 is 1.29 bits per heavy atom. The number of nitrogens with one attached hydrogen (secondary N) is 1. The van der Waals surface area contributed by atoms with Crippen molar-refractivity contribution >= 4 is 38.3 Å². The second-order valence-corrected chi connectivity index (χ2v) is 5.33. The number of nitro benzene ring substituents is 1. The molecule has 2 aromatic heterocycles. The van der Waals surface area contributed by atoms with Gasteiger partial charge in [-0.1, -0.05) is 0 Å². The molecule has 0 saturated carbocycles. The molecule has 3 rings (SSSR count). The zero-order valence-corrected chi connectivity index (χ0v) is 12.1. The smallest absolute Gasteiger partial charge is 0.271 e. The molecule has 0 radical (unpaired) electrons. The van der Waals surface area contributed by atoms with Crippen LogP contribution in [0.5, 0.6) is 0 Å². The highest BCUT2D eigenvalue weighted by molar-refractivity contribution is 9.10. The number of aromatic nitrogens is 2. The summed E-state index contributed by atoms with van der Waals surface area (Å²) in [6, 6.07) is 6.04. The average Bonchev–Trinajstić information content (AvgIpc) is 2.89. The van der Waals surface area contributed by atoms with Crippen LogP contribution in [0.1, 0.15) is 15.9 Å². The van der Waals surface area contributed by atoms with Crippen molar-refractivity contribution in [3.05, 3.63) is 68.6 Å². The van der Waals surface area contributed by atoms with E-state index in [-0.39, 0.29) is 11.5 Å². The van der Waals surface area contributed by atoms with E-state index >= 15 is 0 Å². The minimum absolute atomic E-state index is 0.0209. The Balaban J connectivity index is 2.09. The molecule has 6 nitrogen and oxygen atoms in total. The van der Waals surface area contributed by atoms with Crippen LogP contribution >= 0.6 is 15.9 Å². The Morgan fingerprint density at radius 2 is 2.10 bits per heavy atom. The Kier molecular flexibility index (Phi) is 3.26. The lowest BCUT2D eigenvalue weighted by atomic mass is 10.0. The van der Waals surface area contributed by atoms with Crippen LogP contribution in [-0.4, -0.2) is 20.7 Å². The Labute approximate surface area is 127 Å². The Hall–Kier alpha value is -2.54. The van der Waals surface area contributed by atoms with E-state index in [4.69, 9.17) is 0 Å². The number of nitro groups is 1. The number of H-pyrrole nitrogens is 1. The molecule has 0 aliphatic rings. The van der Waals surface area contributed by atoms with Gasteiger partial charge in [-0.3, -0.25) is 19.9 Å². The number of carbonyl (C=O) groups is 1. The fourth-order valence-electron chi connectivity index (χ4n) is 2.11. The van der Waals surface area contributed by atoms with Gasteiger partial charge in [0.2, 0.25) is 0 Å². The maximum Gasteiger partial charge on any atom is 0.271 e. The Bertz CT molecular complexity index is 873. The monoisotopic (exact) mass is 345 g/mol. The first kappa shape index (κ1) is 13.4. The highest BCUT2D eigenvalue weighted by Gasteiger charge is 2.16. The number of rotatable bonds is 3. The highest BCUT2D eigenvalue weighted by Crippen LogP contribution is 2.25. The van der Waals surface area contributed by atoms with Gasteiger partial charge in [0.1, 0.15) is 0 Å². The fourth-order valence-corrected chi connectivity index (χ4v) is 2.47. The number of carbonyl (C=O) groups excluding carboxylic acids is 1. The van der Waals surface area contributed by atoms with Gasteiger partial charge in [0, 0.05) is 51.7 Å². The van der Waals surface area contributed by atoms with Gasteiger partial charge >= 0.3 is 0 Å². The maximum absolute atomic E-state index is 12.5. The molecule has 0 saturated heterocycles. The van der Waals surface area contributed by atoms with Gasteiger partial charge in [0.15, 0.2) is 5.78 Å². The molecule has 0 atom stereocenters. The molecule has 0 aliphatic carbocycles. The molecule has 0 bridgehead atoms. The van der Waals surface area contributed by atoms with E-state index in [0.29, 0.717) is 26.5 Å². The molecule has 0 fully saturated rings. The van der Waals surface area contributed by atoms with E-state index in [2.05, 4.69) is 25.9 Å². The van der Waals surface area contributed by atoms with Gasteiger partial charge in [0.05, 0.1) is 10.4 Å². The van der Waals surface area contributed by atoms with Crippen LogP contribution in [0.2, 0.25) is 0 Å². The summed E-state index contributed by atoms with van der Waals surface area (Å²) in [4.78, 5) is 29.6. The molecule has 0 spiro atoms. The molecule has 2 heterocycles. The third-order valence-corrected chi connectivity index (χ3v) is 3.52. The first-order valence-electron chi connectivity index (χ1n) is 5.97. The summed E-state index contributed by atoms with van der Waals surface area (Å²) in [7, 11) is 0. The predicted molar refractivity (Wildman–Crippen MR) is 80.3 cm³/mol. The molecule has 21 heavy (non-hydrogen) atoms. The lowest BCUT2D eigenvalue weighted by molar-refractivity contribution is -0.384. The zero-order valence-electron chi connectivity index (χ0n) is 10.5. The summed E-state index contributed by atoms with van der Waals surface area (Å²) >= 11 is 3.27. The fraction of sp³-hybridized carbons (Fsp3) is 0. The van der Waals surface area contributed by atoms with Crippen LogP contribution < -0.4 is 0 Å². The van der Waals surface area contributed by atoms with E-state index in [0.717, 1.165) is 0 Å². The number of pyridine rings is 1. The molecule has 0 unspecified atom stereocenters. The topological polar surface area (TPSA) is 88.9 Å². The van der Waals surface area contributed by atoms with Crippen molar-refractivity contribution in [3.63, 3.8) is 0 Å². The number of hydrogen-bond acceptors (Lipinski definition) is 4. The van der Waals surface area contributed by atoms with Gasteiger partial charge in [0.25, 0.3) is 5.69 Å². The normalized spacial score (nSPS) is 10.7. The minimum Gasteiger partial charge on any atom is -0.360 e. The third-order valence-electron chi connectivity index (χ3n) is 3.09. The molecule has 104 valence electrons. The van der Waals surface area contributed by atoms with Crippen LogP contribution in [0, 0.1) is 10.1 Å². The molecule has 1 N–H and O–H groups in total. The summed E-state index contributed by atoms with van der Waals surface area (Å²) < 4.78 is 0.712. The van der Waals surface area contributed by atoms with Gasteiger partial charge in [-0.05, 0) is 28.1 Å². The van der Waals surface area contributed by atoms with Gasteiger partial charge in [-0.2, -0.15) is 0 Å². The van der Waals surface area contributed by atoms with E-state index in [1.807, 2.05) is 0 Å². The summed E-state index contributed by atoms with van der Waals surface area (Å²) in [6.45, 7) is 0. The van der Waals surface area contributed by atoms with Crippen LogP contribution in [0.4, 0.5) is 5.69 Å². The summed E-state index contributed by atoms with van der Waals surface area (Å²) in [6.07, 6.45) is 4.63. The maximum atomic E-state index is 12.5. The van der Waals surface area contributed by atoms with Crippen molar-refractivity contribution in [2.75, 3.05) is 0 Å². The lowest BCUT2D eigenvalue weighted by Gasteiger charge is -2.00. The number of ketones is 1. The zero-order chi connectivity index (χ0) is 15.0. The molecule has 1 aromatic carbocycles. The quantitative estimate of drug-likeness (QED) is 0.447. The SMILES string of the molecule is O=C(c1cncc(Br)c1)c1c[nH]c2cc([N+](=O)[O-])ccc12. The van der Waals surface area contributed by atoms with Crippen molar-refractivity contribution < 1.29 is 9.72 Å². The number of non-ortho nitro benzene ring substituents is 1. The number of benzene rings is 1. The van der Waals surface area contributed by atoms with Crippen LogP contribution in [0.15, 0.2) is 47.3 Å². The first-order valence-corrected chi connectivity index (χ1v) is 6.76. The van der Waals surface area contributed by atoms with Crippen LogP contribution in [0.25, 0.3) is 10.9 Å². The molecule has 0 aliphatic heterocycles. The molecular weight excluding hydrogens is 338 g/mol. The molecule has 3 aromatic rings. The average molecular weight is 346 g/mol. The van der Waals surface area contributed by atoms with Gasteiger partial charge < -0.3 is 4.98 Å². The summed E-state index contributed by atoms with van der Waals surface area (Å²) in [5.74, 6) is -0.191. The van der Waals surface area contributed by atoms with Crippen molar-refractivity contribution in [3.8, 4) is 0 Å². The largest absolute Gasteiger partial charge is 0.360 e.